The summed E-state index contributed by atoms with van der Waals surface area (Å²) >= 11 is 0. The second-order valence-electron chi connectivity index (χ2n) is 16.5. The van der Waals surface area contributed by atoms with Crippen LogP contribution in [0, 0.1) is 5.92 Å². The van der Waals surface area contributed by atoms with E-state index in [1.165, 1.54) is 98.0 Å². The van der Waals surface area contributed by atoms with Crippen molar-refractivity contribution in [3.63, 3.8) is 0 Å². The molecule has 1 heteroatoms. The van der Waals surface area contributed by atoms with Gasteiger partial charge in [-0.2, -0.15) is 0 Å². The van der Waals surface area contributed by atoms with Gasteiger partial charge < -0.3 is 4.90 Å². The third-order valence-electron chi connectivity index (χ3n) is 12.9. The molecule has 60 heavy (non-hydrogen) atoms. The van der Waals surface area contributed by atoms with Gasteiger partial charge in [-0.05, 0) is 159 Å². The van der Waals surface area contributed by atoms with E-state index < -0.39 is 0 Å². The molecule has 1 aliphatic rings. The second-order valence-corrected chi connectivity index (χ2v) is 16.5. The number of hydrogen-bond donors (Lipinski definition) is 0. The highest BCUT2D eigenvalue weighted by Gasteiger charge is 2.21. The molecule has 0 N–H and O–H groups in total. The molecule has 0 aromatic heterocycles. The molecule has 0 amide bonds. The third-order valence-corrected chi connectivity index (χ3v) is 12.9. The Morgan fingerprint density at radius 3 is 1.52 bits per heavy atom. The van der Waals surface area contributed by atoms with Gasteiger partial charge in [0.1, 0.15) is 0 Å². The highest BCUT2D eigenvalue weighted by Crippen LogP contribution is 2.44. The van der Waals surface area contributed by atoms with Crippen LogP contribution in [0.1, 0.15) is 18.1 Å². The topological polar surface area (TPSA) is 3.24 Å². The lowest BCUT2D eigenvalue weighted by Gasteiger charge is -2.28. The van der Waals surface area contributed by atoms with Crippen LogP contribution in [-0.2, 0) is 6.42 Å². The van der Waals surface area contributed by atoms with Gasteiger partial charge in [-0.1, -0.05) is 171 Å². The first-order valence-electron chi connectivity index (χ1n) is 21.1. The fourth-order valence-electron chi connectivity index (χ4n) is 10.1. The van der Waals surface area contributed by atoms with Crippen molar-refractivity contribution < 1.29 is 0 Å². The minimum atomic E-state index is 0.505. The smallest absolute Gasteiger partial charge is 0.0468 e. The van der Waals surface area contributed by atoms with Crippen molar-refractivity contribution in [1.29, 1.82) is 0 Å². The predicted octanol–water partition coefficient (Wildman–Crippen LogP) is 16.6. The quantitative estimate of drug-likeness (QED) is 0.158. The zero-order chi connectivity index (χ0) is 39.7. The van der Waals surface area contributed by atoms with Gasteiger partial charge in [0, 0.05) is 17.1 Å². The van der Waals surface area contributed by atoms with Crippen LogP contribution in [0.15, 0.2) is 206 Å². The Kier molecular flexibility index (Phi) is 7.96. The van der Waals surface area contributed by atoms with E-state index in [1.807, 2.05) is 0 Å². The Balaban J connectivity index is 1.07. The Morgan fingerprint density at radius 1 is 0.367 bits per heavy atom. The average molecular weight is 764 g/mol. The standard InChI is InChI=1S/C59H41N/c1-38-25-31-55-58(33-38)53-24-11-8-21-50(53)54-32-30-45(37-59(54)55)60(43-28-26-39(27-29-43)56-35-41-13-2-4-17-46(41)48-19-6-9-22-51(48)56)44-16-12-15-40(34-44)57-36-42-14-3-5-18-47(42)49-20-7-10-23-52(49)57/h2-32,34-38H,33H2,1H3. The highest BCUT2D eigenvalue weighted by atomic mass is 15.1. The molecule has 0 radical (unpaired) electrons. The molecule has 0 bridgehead atoms. The number of fused-ring (bicyclic) bond motifs is 12. The summed E-state index contributed by atoms with van der Waals surface area (Å²) in [6.45, 7) is 2.33. The zero-order valence-corrected chi connectivity index (χ0v) is 33.4. The monoisotopic (exact) mass is 763 g/mol. The molecule has 1 unspecified atom stereocenters. The molecular weight excluding hydrogens is 723 g/mol. The normalized spacial score (nSPS) is 13.8. The lowest BCUT2D eigenvalue weighted by molar-refractivity contribution is 0.722. The Bertz CT molecular complexity index is 3540. The first kappa shape index (κ1) is 34.6. The van der Waals surface area contributed by atoms with E-state index in [0.29, 0.717) is 5.92 Å². The van der Waals surface area contributed by atoms with Crippen LogP contribution < -0.4 is 4.90 Å². The van der Waals surface area contributed by atoms with Gasteiger partial charge in [0.25, 0.3) is 0 Å². The summed E-state index contributed by atoms with van der Waals surface area (Å²) in [6, 6.07) is 74.3. The van der Waals surface area contributed by atoms with Crippen molar-refractivity contribution in [3.8, 4) is 22.3 Å². The summed E-state index contributed by atoms with van der Waals surface area (Å²) < 4.78 is 0. The fraction of sp³-hybridized carbons (Fsp3) is 0.0508. The van der Waals surface area contributed by atoms with E-state index in [-0.39, 0.29) is 0 Å². The van der Waals surface area contributed by atoms with Gasteiger partial charge in [-0.25, -0.2) is 0 Å². The van der Waals surface area contributed by atoms with Gasteiger partial charge in [0.05, 0.1) is 0 Å². The maximum absolute atomic E-state index is 2.45. The zero-order valence-electron chi connectivity index (χ0n) is 33.4. The number of anilines is 3. The number of hydrogen-bond acceptors (Lipinski definition) is 1. The third kappa shape index (κ3) is 5.54. The SMILES string of the molecule is CC1C=Cc2c(c3ccccc3c3ccc(N(c4ccc(-c5cc6ccccc6c6ccccc56)cc4)c4cccc(-c5cc6ccccc6c6ccccc56)c4)cc23)C1. The molecule has 1 aliphatic carbocycles. The van der Waals surface area contributed by atoms with E-state index in [9.17, 15) is 0 Å². The predicted molar refractivity (Wildman–Crippen MR) is 259 cm³/mol. The molecule has 0 saturated carbocycles. The van der Waals surface area contributed by atoms with Gasteiger partial charge in [-0.3, -0.25) is 0 Å². The number of rotatable bonds is 5. The largest absolute Gasteiger partial charge is 0.310 e. The lowest BCUT2D eigenvalue weighted by atomic mass is 9.83. The first-order valence-corrected chi connectivity index (χ1v) is 21.1. The summed E-state index contributed by atoms with van der Waals surface area (Å²) in [5.41, 5.74) is 11.1. The molecule has 0 fully saturated rings. The first-order chi connectivity index (χ1) is 29.7. The Labute approximate surface area is 350 Å². The number of benzene rings is 11. The van der Waals surface area contributed by atoms with Crippen molar-refractivity contribution in [2.75, 3.05) is 4.90 Å². The van der Waals surface area contributed by atoms with Gasteiger partial charge in [-0.15, -0.1) is 0 Å². The summed E-state index contributed by atoms with van der Waals surface area (Å²) in [4.78, 5) is 2.45. The van der Waals surface area contributed by atoms with Crippen LogP contribution in [0.5, 0.6) is 0 Å². The molecule has 0 heterocycles. The molecular formula is C59H41N. The van der Waals surface area contributed by atoms with Crippen molar-refractivity contribution >= 4 is 87.8 Å². The molecule has 11 aromatic carbocycles. The minimum Gasteiger partial charge on any atom is -0.310 e. The van der Waals surface area contributed by atoms with Crippen LogP contribution in [-0.4, -0.2) is 0 Å². The van der Waals surface area contributed by atoms with Crippen LogP contribution in [0.25, 0.3) is 93.0 Å². The van der Waals surface area contributed by atoms with Gasteiger partial charge in [0.15, 0.2) is 0 Å². The lowest BCUT2D eigenvalue weighted by Crippen LogP contribution is -2.10. The van der Waals surface area contributed by atoms with Crippen LogP contribution >= 0.6 is 0 Å². The summed E-state index contributed by atoms with van der Waals surface area (Å²) in [5.74, 6) is 0.505. The van der Waals surface area contributed by atoms with Crippen molar-refractivity contribution in [2.24, 2.45) is 5.92 Å². The van der Waals surface area contributed by atoms with Crippen LogP contribution in [0.2, 0.25) is 0 Å². The maximum atomic E-state index is 2.45. The minimum absolute atomic E-state index is 0.505. The van der Waals surface area contributed by atoms with E-state index in [2.05, 4.69) is 224 Å². The average Bonchev–Trinajstić information content (AvgIpc) is 3.31. The van der Waals surface area contributed by atoms with E-state index in [4.69, 9.17) is 0 Å². The van der Waals surface area contributed by atoms with Crippen molar-refractivity contribution in [3.05, 3.63) is 217 Å². The molecule has 1 atom stereocenters. The molecule has 12 rings (SSSR count). The molecule has 0 spiro atoms. The highest BCUT2D eigenvalue weighted by molar-refractivity contribution is 6.16. The van der Waals surface area contributed by atoms with Gasteiger partial charge in [0.2, 0.25) is 0 Å². The summed E-state index contributed by atoms with van der Waals surface area (Å²) in [7, 11) is 0. The van der Waals surface area contributed by atoms with Crippen LogP contribution in [0.4, 0.5) is 17.1 Å². The van der Waals surface area contributed by atoms with Gasteiger partial charge >= 0.3 is 0 Å². The van der Waals surface area contributed by atoms with E-state index >= 15 is 0 Å². The molecule has 11 aromatic rings. The number of nitrogens with zero attached hydrogens (tertiary/aromatic N) is 1. The summed E-state index contributed by atoms with van der Waals surface area (Å²) in [5, 5.41) is 15.4. The molecule has 1 nitrogen and oxygen atoms in total. The van der Waals surface area contributed by atoms with Crippen LogP contribution in [0.3, 0.4) is 0 Å². The van der Waals surface area contributed by atoms with E-state index in [0.717, 1.165) is 23.5 Å². The molecule has 282 valence electrons. The maximum Gasteiger partial charge on any atom is 0.0468 e. The number of allylic oxidation sites excluding steroid dienone is 1. The molecule has 0 saturated heterocycles. The molecule has 0 aliphatic heterocycles. The van der Waals surface area contributed by atoms with Crippen molar-refractivity contribution in [1.82, 2.24) is 0 Å². The Hall–Kier alpha value is -7.48. The van der Waals surface area contributed by atoms with E-state index in [1.54, 1.807) is 0 Å². The van der Waals surface area contributed by atoms with Crippen molar-refractivity contribution in [2.45, 2.75) is 13.3 Å². The fourth-order valence-corrected chi connectivity index (χ4v) is 10.1. The summed E-state index contributed by atoms with van der Waals surface area (Å²) in [6.07, 6.45) is 5.80. The second kappa shape index (κ2) is 13.8. The Morgan fingerprint density at radius 2 is 0.867 bits per heavy atom.